The third kappa shape index (κ3) is 4.90. The van der Waals surface area contributed by atoms with Crippen LogP contribution in [-0.4, -0.2) is 22.6 Å². The second-order valence-electron chi connectivity index (χ2n) is 7.91. The average molecular weight is 478 g/mol. The normalized spacial score (nSPS) is 11.7. The van der Waals surface area contributed by atoms with E-state index in [0.717, 1.165) is 35.1 Å². The molecule has 9 heteroatoms. The summed E-state index contributed by atoms with van der Waals surface area (Å²) in [5.41, 5.74) is 2.27. The molecule has 34 heavy (non-hydrogen) atoms. The van der Waals surface area contributed by atoms with Crippen LogP contribution in [0.5, 0.6) is 0 Å². The van der Waals surface area contributed by atoms with Crippen LogP contribution in [0.15, 0.2) is 88.6 Å². The number of fused-ring (bicyclic) bond motifs is 1. The Labute approximate surface area is 196 Å². The summed E-state index contributed by atoms with van der Waals surface area (Å²) < 4.78 is 28.3. The molecule has 0 aliphatic heterocycles. The van der Waals surface area contributed by atoms with E-state index >= 15 is 0 Å². The van der Waals surface area contributed by atoms with Crippen LogP contribution in [0.2, 0.25) is 0 Å². The first kappa shape index (κ1) is 23.3. The maximum atomic E-state index is 13.5. The molecule has 3 aromatic carbocycles. The standard InChI is InChI=1S/C25H23N3O5S/c1-2-18-8-13-24-20(14-18)15-21(25(29)26-24)17-27(16-19-6-4-3-5-7-19)34(32,33)23-11-9-22(10-12-23)28(30)31/h3-15H,2,16-17H2,1H3,(H,26,29). The van der Waals surface area contributed by atoms with E-state index in [1.165, 1.54) is 16.4 Å². The van der Waals surface area contributed by atoms with Gasteiger partial charge in [-0.2, -0.15) is 4.31 Å². The molecule has 4 aromatic rings. The molecule has 1 heterocycles. The molecule has 0 aliphatic rings. The molecule has 0 saturated carbocycles. The van der Waals surface area contributed by atoms with Crippen LogP contribution in [-0.2, 0) is 29.5 Å². The molecular weight excluding hydrogens is 454 g/mol. The number of rotatable bonds is 8. The number of nitro benzene ring substituents is 1. The maximum Gasteiger partial charge on any atom is 0.269 e. The lowest BCUT2D eigenvalue weighted by Crippen LogP contribution is -2.32. The summed E-state index contributed by atoms with van der Waals surface area (Å²) >= 11 is 0. The van der Waals surface area contributed by atoms with Crippen molar-refractivity contribution in [1.29, 1.82) is 0 Å². The highest BCUT2D eigenvalue weighted by atomic mass is 32.2. The zero-order chi connectivity index (χ0) is 24.3. The van der Waals surface area contributed by atoms with Gasteiger partial charge in [0.2, 0.25) is 10.0 Å². The molecule has 0 fully saturated rings. The molecule has 0 aliphatic carbocycles. The monoisotopic (exact) mass is 477 g/mol. The molecule has 0 atom stereocenters. The molecule has 174 valence electrons. The smallest absolute Gasteiger partial charge is 0.269 e. The lowest BCUT2D eigenvalue weighted by Gasteiger charge is -2.22. The number of hydrogen-bond donors (Lipinski definition) is 1. The van der Waals surface area contributed by atoms with Crippen LogP contribution in [0, 0.1) is 10.1 Å². The number of nitro groups is 1. The highest BCUT2D eigenvalue weighted by Crippen LogP contribution is 2.24. The number of pyridine rings is 1. The van der Waals surface area contributed by atoms with Gasteiger partial charge in [0.1, 0.15) is 0 Å². The highest BCUT2D eigenvalue weighted by molar-refractivity contribution is 7.89. The Morgan fingerprint density at radius 2 is 1.62 bits per heavy atom. The number of nitrogens with one attached hydrogen (secondary N) is 1. The number of aryl methyl sites for hydroxylation is 1. The number of H-pyrrole nitrogens is 1. The molecule has 0 unspecified atom stereocenters. The molecule has 1 N–H and O–H groups in total. The van der Waals surface area contributed by atoms with Crippen LogP contribution in [0.1, 0.15) is 23.6 Å². The van der Waals surface area contributed by atoms with Crippen molar-refractivity contribution in [1.82, 2.24) is 9.29 Å². The second-order valence-corrected chi connectivity index (χ2v) is 9.85. The summed E-state index contributed by atoms with van der Waals surface area (Å²) in [7, 11) is -4.06. The third-order valence-electron chi connectivity index (χ3n) is 5.63. The van der Waals surface area contributed by atoms with Crippen molar-refractivity contribution in [3.05, 3.63) is 116 Å². The quantitative estimate of drug-likeness (QED) is 0.299. The fourth-order valence-electron chi connectivity index (χ4n) is 3.73. The minimum atomic E-state index is -4.06. The molecule has 4 rings (SSSR count). The van der Waals surface area contributed by atoms with E-state index in [-0.39, 0.29) is 29.2 Å². The summed E-state index contributed by atoms with van der Waals surface area (Å²) in [5, 5.41) is 11.8. The first-order valence-electron chi connectivity index (χ1n) is 10.7. The minimum absolute atomic E-state index is 0.0344. The van der Waals surface area contributed by atoms with Crippen molar-refractivity contribution in [3.8, 4) is 0 Å². The Morgan fingerprint density at radius 1 is 0.912 bits per heavy atom. The third-order valence-corrected chi connectivity index (χ3v) is 7.43. The Hall–Kier alpha value is -3.82. The number of benzene rings is 3. The van der Waals surface area contributed by atoms with Gasteiger partial charge in [0.25, 0.3) is 11.2 Å². The van der Waals surface area contributed by atoms with Crippen LogP contribution >= 0.6 is 0 Å². The number of hydrogen-bond acceptors (Lipinski definition) is 5. The molecule has 8 nitrogen and oxygen atoms in total. The molecule has 0 spiro atoms. The summed E-state index contributed by atoms with van der Waals surface area (Å²) in [6.45, 7) is 1.91. The first-order valence-corrected chi connectivity index (χ1v) is 12.2. The lowest BCUT2D eigenvalue weighted by molar-refractivity contribution is -0.384. The number of aromatic nitrogens is 1. The fourth-order valence-corrected chi connectivity index (χ4v) is 5.14. The van der Waals surface area contributed by atoms with Crippen LogP contribution in [0.4, 0.5) is 5.69 Å². The number of non-ortho nitro benzene ring substituents is 1. The van der Waals surface area contributed by atoms with E-state index in [9.17, 15) is 23.3 Å². The van der Waals surface area contributed by atoms with E-state index in [4.69, 9.17) is 0 Å². The summed E-state index contributed by atoms with van der Waals surface area (Å²) in [6, 6.07) is 21.3. The number of aromatic amines is 1. The van der Waals surface area contributed by atoms with E-state index in [2.05, 4.69) is 4.98 Å². The first-order chi connectivity index (χ1) is 16.3. The summed E-state index contributed by atoms with van der Waals surface area (Å²) in [6.07, 6.45) is 0.832. The molecule has 1 aromatic heterocycles. The van der Waals surface area contributed by atoms with Crippen molar-refractivity contribution in [3.63, 3.8) is 0 Å². The zero-order valence-corrected chi connectivity index (χ0v) is 19.3. The topological polar surface area (TPSA) is 113 Å². The highest BCUT2D eigenvalue weighted by Gasteiger charge is 2.26. The number of sulfonamides is 1. The summed E-state index contributed by atoms with van der Waals surface area (Å²) in [5.74, 6) is 0. The molecule has 0 saturated heterocycles. The molecule has 0 radical (unpaired) electrons. The van der Waals surface area contributed by atoms with Crippen molar-refractivity contribution in [2.75, 3.05) is 0 Å². The average Bonchev–Trinajstić information content (AvgIpc) is 2.84. The van der Waals surface area contributed by atoms with Gasteiger partial charge in [-0.15, -0.1) is 0 Å². The van der Waals surface area contributed by atoms with E-state index in [1.54, 1.807) is 30.3 Å². The molecule has 0 bridgehead atoms. The van der Waals surface area contributed by atoms with Crippen molar-refractivity contribution in [2.45, 2.75) is 31.3 Å². The Kier molecular flexibility index (Phi) is 6.58. The van der Waals surface area contributed by atoms with Crippen LogP contribution in [0.3, 0.4) is 0 Å². The van der Waals surface area contributed by atoms with E-state index in [0.29, 0.717) is 11.1 Å². The molecular formula is C25H23N3O5S. The fraction of sp³-hybridized carbons (Fsp3) is 0.160. The maximum absolute atomic E-state index is 13.5. The Bertz CT molecular complexity index is 1500. The summed E-state index contributed by atoms with van der Waals surface area (Å²) in [4.78, 5) is 26.0. The predicted octanol–water partition coefficient (Wildman–Crippen LogP) is 4.39. The van der Waals surface area contributed by atoms with Gasteiger partial charge in [0.05, 0.1) is 9.82 Å². The van der Waals surface area contributed by atoms with Gasteiger partial charge < -0.3 is 4.98 Å². The second kappa shape index (κ2) is 9.58. The SMILES string of the molecule is CCc1ccc2[nH]c(=O)c(CN(Cc3ccccc3)S(=O)(=O)c3ccc([N+](=O)[O-])cc3)cc2c1. The van der Waals surface area contributed by atoms with Gasteiger partial charge in [-0.3, -0.25) is 14.9 Å². The van der Waals surface area contributed by atoms with E-state index in [1.807, 2.05) is 31.2 Å². The van der Waals surface area contributed by atoms with Crippen molar-refractivity contribution < 1.29 is 13.3 Å². The van der Waals surface area contributed by atoms with Gasteiger partial charge in [0.15, 0.2) is 0 Å². The lowest BCUT2D eigenvalue weighted by atomic mass is 10.1. The van der Waals surface area contributed by atoms with Crippen LogP contribution < -0.4 is 5.56 Å². The van der Waals surface area contributed by atoms with Crippen LogP contribution in [0.25, 0.3) is 10.9 Å². The zero-order valence-electron chi connectivity index (χ0n) is 18.5. The largest absolute Gasteiger partial charge is 0.322 e. The predicted molar refractivity (Wildman–Crippen MR) is 130 cm³/mol. The van der Waals surface area contributed by atoms with Gasteiger partial charge in [0, 0.05) is 36.3 Å². The van der Waals surface area contributed by atoms with Gasteiger partial charge in [-0.25, -0.2) is 8.42 Å². The van der Waals surface area contributed by atoms with Crippen molar-refractivity contribution in [2.24, 2.45) is 0 Å². The van der Waals surface area contributed by atoms with E-state index < -0.39 is 14.9 Å². The Balaban J connectivity index is 1.76. The Morgan fingerprint density at radius 3 is 2.26 bits per heavy atom. The van der Waals surface area contributed by atoms with Gasteiger partial charge in [-0.1, -0.05) is 43.3 Å². The van der Waals surface area contributed by atoms with Crippen molar-refractivity contribution >= 4 is 26.6 Å². The minimum Gasteiger partial charge on any atom is -0.322 e. The van der Waals surface area contributed by atoms with Gasteiger partial charge in [-0.05, 0) is 53.3 Å². The molecule has 0 amide bonds. The number of nitrogens with zero attached hydrogens (tertiary/aromatic N) is 2. The van der Waals surface area contributed by atoms with Gasteiger partial charge >= 0.3 is 0 Å².